The summed E-state index contributed by atoms with van der Waals surface area (Å²) in [5.41, 5.74) is -4.46. The van der Waals surface area contributed by atoms with E-state index >= 15 is 0 Å². The first-order valence-corrected chi connectivity index (χ1v) is 5.96. The van der Waals surface area contributed by atoms with E-state index in [1.165, 1.54) is 0 Å². The predicted octanol–water partition coefficient (Wildman–Crippen LogP) is 1.01. The Balaban J connectivity index is 2.80. The minimum atomic E-state index is -4.05. The van der Waals surface area contributed by atoms with Gasteiger partial charge in [-0.1, -0.05) is 0 Å². The van der Waals surface area contributed by atoms with Crippen LogP contribution >= 0.6 is 11.6 Å². The molecule has 22 heavy (non-hydrogen) atoms. The molecule has 0 fully saturated rings. The molecule has 2 rings (SSSR count). The van der Waals surface area contributed by atoms with Gasteiger partial charge in [0.05, 0.1) is 17.3 Å². The molecule has 1 aromatic carbocycles. The normalized spacial score (nSPS) is 11.2. The van der Waals surface area contributed by atoms with Crippen molar-refractivity contribution >= 4 is 11.6 Å². The Labute approximate surface area is 125 Å². The number of hydrogen-bond acceptors (Lipinski definition) is 4. The van der Waals surface area contributed by atoms with E-state index in [4.69, 9.17) is 22.7 Å². The number of halogens is 4. The number of nitriles is 1. The number of rotatable bonds is 2. The Morgan fingerprint density at radius 3 is 2.41 bits per heavy atom. The van der Waals surface area contributed by atoms with Gasteiger partial charge in [-0.3, -0.25) is 4.79 Å². The van der Waals surface area contributed by atoms with Crippen molar-refractivity contribution in [3.05, 3.63) is 62.2 Å². The first-order chi connectivity index (χ1) is 10.2. The molecule has 0 bridgehead atoms. The van der Waals surface area contributed by atoms with Gasteiger partial charge in [0.15, 0.2) is 0 Å². The van der Waals surface area contributed by atoms with Crippen LogP contribution in [-0.4, -0.2) is 9.24 Å². The van der Waals surface area contributed by atoms with Crippen molar-refractivity contribution in [1.29, 1.82) is 5.26 Å². The lowest BCUT2D eigenvalue weighted by atomic mass is 10.2. The van der Waals surface area contributed by atoms with E-state index in [2.05, 4.69) is 0 Å². The Bertz CT molecular complexity index is 909. The maximum Gasteiger partial charge on any atom is 0.365 e. The predicted molar refractivity (Wildman–Crippen MR) is 70.9 cm³/mol. The van der Waals surface area contributed by atoms with E-state index < -0.39 is 33.8 Å². The van der Waals surface area contributed by atoms with E-state index in [0.717, 1.165) is 18.2 Å². The van der Waals surface area contributed by atoms with Crippen LogP contribution in [0.25, 0.3) is 5.69 Å². The molecular weight excluding hydrogens is 325 g/mol. The molecule has 1 aromatic heterocycles. The molecule has 1 heterocycles. The molecule has 10 heteroatoms. The van der Waals surface area contributed by atoms with Crippen LogP contribution in [0.2, 0.25) is 0 Å². The molecule has 0 unspecified atom stereocenters. The fraction of sp³-hybridized carbons (Fsp3) is 0.0833. The molecule has 0 spiro atoms. The van der Waals surface area contributed by atoms with Crippen molar-refractivity contribution < 1.29 is 13.2 Å². The third kappa shape index (κ3) is 2.56. The van der Waals surface area contributed by atoms with E-state index in [9.17, 15) is 22.8 Å². The zero-order valence-electron chi connectivity index (χ0n) is 10.6. The Kier molecular flexibility index (Phi) is 3.72. The van der Waals surface area contributed by atoms with Crippen LogP contribution in [0.15, 0.2) is 33.9 Å². The second kappa shape index (κ2) is 5.23. The van der Waals surface area contributed by atoms with Gasteiger partial charge in [0.2, 0.25) is 0 Å². The summed E-state index contributed by atoms with van der Waals surface area (Å²) in [5, 5.41) is 4.59. The zero-order chi connectivity index (χ0) is 16.7. The van der Waals surface area contributed by atoms with Crippen molar-refractivity contribution in [3.63, 3.8) is 0 Å². The minimum absolute atomic E-state index is 0.0496. The number of benzene rings is 1. The standard InChI is InChI=1S/C12H6ClF3N4O2/c13-12(15,16)9-4-10(21)19(11(22)20(9)18)8-2-1-6(5-17)3-7(8)14/h1-4H,18H2. The summed E-state index contributed by atoms with van der Waals surface area (Å²) in [6, 6.07) is 4.90. The summed E-state index contributed by atoms with van der Waals surface area (Å²) in [6.45, 7) is 0. The number of nitrogens with zero attached hydrogens (tertiary/aromatic N) is 3. The number of hydrogen-bond donors (Lipinski definition) is 1. The first-order valence-electron chi connectivity index (χ1n) is 5.58. The maximum absolute atomic E-state index is 13.9. The molecule has 0 saturated heterocycles. The Morgan fingerprint density at radius 2 is 1.91 bits per heavy atom. The third-order valence-corrected chi connectivity index (χ3v) is 2.94. The van der Waals surface area contributed by atoms with E-state index in [0.29, 0.717) is 6.07 Å². The molecule has 0 radical (unpaired) electrons. The molecule has 114 valence electrons. The summed E-state index contributed by atoms with van der Waals surface area (Å²) < 4.78 is 40.2. The monoisotopic (exact) mass is 330 g/mol. The second-order valence-electron chi connectivity index (χ2n) is 4.13. The number of alkyl halides is 3. The number of nitrogen functional groups attached to an aromatic ring is 1. The topological polar surface area (TPSA) is 93.8 Å². The van der Waals surface area contributed by atoms with Crippen molar-refractivity contribution in [3.8, 4) is 11.8 Å². The van der Waals surface area contributed by atoms with Crippen molar-refractivity contribution in [2.24, 2.45) is 0 Å². The van der Waals surface area contributed by atoms with Gasteiger partial charge in [-0.2, -0.15) is 14.0 Å². The average molecular weight is 331 g/mol. The highest BCUT2D eigenvalue weighted by Gasteiger charge is 2.33. The molecule has 0 amide bonds. The van der Waals surface area contributed by atoms with Gasteiger partial charge in [0.1, 0.15) is 11.5 Å². The lowest BCUT2D eigenvalue weighted by molar-refractivity contribution is 0.0854. The van der Waals surface area contributed by atoms with Gasteiger partial charge < -0.3 is 5.84 Å². The number of aromatic nitrogens is 2. The van der Waals surface area contributed by atoms with Crippen molar-refractivity contribution in [2.75, 3.05) is 5.84 Å². The molecule has 6 nitrogen and oxygen atoms in total. The zero-order valence-corrected chi connectivity index (χ0v) is 11.3. The summed E-state index contributed by atoms with van der Waals surface area (Å²) >= 11 is 4.75. The van der Waals surface area contributed by atoms with Crippen LogP contribution in [0.5, 0.6) is 0 Å². The summed E-state index contributed by atoms with van der Waals surface area (Å²) in [7, 11) is 0. The van der Waals surface area contributed by atoms with Gasteiger partial charge in [-0.15, -0.1) is 0 Å². The van der Waals surface area contributed by atoms with Gasteiger partial charge >= 0.3 is 11.1 Å². The van der Waals surface area contributed by atoms with Crippen molar-refractivity contribution in [2.45, 2.75) is 5.38 Å². The molecule has 2 N–H and O–H groups in total. The first kappa shape index (κ1) is 15.7. The van der Waals surface area contributed by atoms with Crippen LogP contribution in [0.3, 0.4) is 0 Å². The van der Waals surface area contributed by atoms with Crippen LogP contribution in [0, 0.1) is 17.1 Å². The van der Waals surface area contributed by atoms with Crippen molar-refractivity contribution in [1.82, 2.24) is 9.24 Å². The fourth-order valence-electron chi connectivity index (χ4n) is 1.75. The molecule has 0 atom stereocenters. The largest absolute Gasteiger partial charge is 0.365 e. The molecule has 0 saturated carbocycles. The minimum Gasteiger partial charge on any atom is -0.335 e. The van der Waals surface area contributed by atoms with Crippen LogP contribution < -0.4 is 17.1 Å². The fourth-order valence-corrected chi connectivity index (χ4v) is 1.90. The SMILES string of the molecule is N#Cc1ccc(-n2c(=O)cc(C(F)(F)Cl)n(N)c2=O)c(F)c1. The van der Waals surface area contributed by atoms with Gasteiger partial charge in [-0.25, -0.2) is 18.4 Å². The lowest BCUT2D eigenvalue weighted by Gasteiger charge is -2.14. The lowest BCUT2D eigenvalue weighted by Crippen LogP contribution is -2.45. The van der Waals surface area contributed by atoms with E-state index in [1.807, 2.05) is 0 Å². The second-order valence-corrected chi connectivity index (χ2v) is 4.61. The van der Waals surface area contributed by atoms with Gasteiger partial charge in [0.25, 0.3) is 5.56 Å². The van der Waals surface area contributed by atoms with Crippen LogP contribution in [-0.2, 0) is 5.38 Å². The highest BCUT2D eigenvalue weighted by Crippen LogP contribution is 2.29. The Hall–Kier alpha value is -2.73. The van der Waals surface area contributed by atoms with Gasteiger partial charge in [-0.05, 0) is 29.8 Å². The summed E-state index contributed by atoms with van der Waals surface area (Å²) in [5.74, 6) is 4.12. The Morgan fingerprint density at radius 1 is 1.27 bits per heavy atom. The summed E-state index contributed by atoms with van der Waals surface area (Å²) in [6.07, 6.45) is 0. The average Bonchev–Trinajstić information content (AvgIpc) is 2.43. The number of nitrogens with two attached hydrogens (primary N) is 1. The third-order valence-electron chi connectivity index (χ3n) is 2.75. The molecule has 0 aliphatic rings. The van der Waals surface area contributed by atoms with Gasteiger partial charge in [0, 0.05) is 6.07 Å². The van der Waals surface area contributed by atoms with Crippen LogP contribution in [0.1, 0.15) is 11.3 Å². The molecule has 0 aliphatic heterocycles. The molecule has 0 aliphatic carbocycles. The maximum atomic E-state index is 13.9. The highest BCUT2D eigenvalue weighted by molar-refractivity contribution is 6.21. The quantitative estimate of drug-likeness (QED) is 0.657. The smallest absolute Gasteiger partial charge is 0.335 e. The molecule has 2 aromatic rings. The van der Waals surface area contributed by atoms with E-state index in [1.54, 1.807) is 6.07 Å². The summed E-state index contributed by atoms with van der Waals surface area (Å²) in [4.78, 5) is 23.8. The van der Waals surface area contributed by atoms with E-state index in [-0.39, 0.29) is 14.8 Å². The highest BCUT2D eigenvalue weighted by atomic mass is 35.5. The molecular formula is C12H6ClF3N4O2. The van der Waals surface area contributed by atoms with Crippen LogP contribution in [0.4, 0.5) is 13.2 Å².